The summed E-state index contributed by atoms with van der Waals surface area (Å²) in [6.45, 7) is 1.94. The second-order valence-corrected chi connectivity index (χ2v) is 7.53. The highest BCUT2D eigenvalue weighted by Gasteiger charge is 2.40. The van der Waals surface area contributed by atoms with Gasteiger partial charge in [-0.1, -0.05) is 18.2 Å². The SMILES string of the molecule is CCOC(=O)CC1N(C)c2c(n(C)c(=O)[nH]c2=O)N1Cc1cc2ccccc2n1C(=O)O. The van der Waals surface area contributed by atoms with Crippen LogP contribution < -0.4 is 21.0 Å². The molecular formula is C21H23N5O6. The largest absolute Gasteiger partial charge is 0.466 e. The summed E-state index contributed by atoms with van der Waals surface area (Å²) in [4.78, 5) is 54.9. The Bertz CT molecular complexity index is 1340. The molecule has 168 valence electrons. The summed E-state index contributed by atoms with van der Waals surface area (Å²) in [6.07, 6.45) is -1.89. The number of benzene rings is 1. The molecule has 0 spiro atoms. The van der Waals surface area contributed by atoms with Gasteiger partial charge in [0.1, 0.15) is 17.7 Å². The van der Waals surface area contributed by atoms with Crippen molar-refractivity contribution in [1.82, 2.24) is 14.1 Å². The van der Waals surface area contributed by atoms with E-state index < -0.39 is 29.5 Å². The highest BCUT2D eigenvalue weighted by atomic mass is 16.5. The summed E-state index contributed by atoms with van der Waals surface area (Å²) >= 11 is 0. The van der Waals surface area contributed by atoms with E-state index in [2.05, 4.69) is 4.98 Å². The number of carbonyl (C=O) groups excluding carboxylic acids is 1. The number of nitrogens with zero attached hydrogens (tertiary/aromatic N) is 4. The van der Waals surface area contributed by atoms with E-state index in [4.69, 9.17) is 4.74 Å². The second-order valence-electron chi connectivity index (χ2n) is 7.53. The van der Waals surface area contributed by atoms with Crippen LogP contribution in [0.15, 0.2) is 39.9 Å². The molecule has 0 bridgehead atoms. The van der Waals surface area contributed by atoms with Crippen LogP contribution >= 0.6 is 0 Å². The fraction of sp³-hybridized carbons (Fsp3) is 0.333. The molecule has 1 aliphatic rings. The minimum absolute atomic E-state index is 0.0408. The molecule has 11 heteroatoms. The Kier molecular flexibility index (Phi) is 5.25. The molecule has 32 heavy (non-hydrogen) atoms. The minimum Gasteiger partial charge on any atom is -0.466 e. The van der Waals surface area contributed by atoms with Crippen LogP contribution in [0.2, 0.25) is 0 Å². The number of para-hydroxylation sites is 1. The lowest BCUT2D eigenvalue weighted by molar-refractivity contribution is -0.143. The van der Waals surface area contributed by atoms with E-state index in [9.17, 15) is 24.3 Å². The van der Waals surface area contributed by atoms with E-state index in [1.54, 1.807) is 48.0 Å². The van der Waals surface area contributed by atoms with Crippen LogP contribution in [0.4, 0.5) is 16.3 Å². The van der Waals surface area contributed by atoms with Gasteiger partial charge >= 0.3 is 17.8 Å². The van der Waals surface area contributed by atoms with Crippen molar-refractivity contribution < 1.29 is 19.4 Å². The van der Waals surface area contributed by atoms with Gasteiger partial charge in [0.25, 0.3) is 5.56 Å². The van der Waals surface area contributed by atoms with Crippen LogP contribution in [0.3, 0.4) is 0 Å². The molecule has 3 aromatic rings. The first kappa shape index (κ1) is 21.2. The van der Waals surface area contributed by atoms with E-state index in [0.29, 0.717) is 17.0 Å². The maximum atomic E-state index is 12.6. The van der Waals surface area contributed by atoms with Crippen LogP contribution in [0.25, 0.3) is 10.9 Å². The number of carbonyl (C=O) groups is 2. The highest BCUT2D eigenvalue weighted by Crippen LogP contribution is 2.37. The summed E-state index contributed by atoms with van der Waals surface area (Å²) in [5.41, 5.74) is -0.0195. The maximum Gasteiger partial charge on any atom is 0.416 e. The number of carboxylic acid groups (broad SMARTS) is 1. The lowest BCUT2D eigenvalue weighted by atomic mass is 10.2. The molecule has 3 heterocycles. The third-order valence-electron chi connectivity index (χ3n) is 5.67. The number of hydrogen-bond donors (Lipinski definition) is 2. The predicted molar refractivity (Wildman–Crippen MR) is 117 cm³/mol. The first-order valence-electron chi connectivity index (χ1n) is 10.1. The Morgan fingerprint density at radius 1 is 1.19 bits per heavy atom. The van der Waals surface area contributed by atoms with Crippen molar-refractivity contribution in [3.63, 3.8) is 0 Å². The van der Waals surface area contributed by atoms with Crippen molar-refractivity contribution in [3.05, 3.63) is 56.9 Å². The molecule has 0 saturated heterocycles. The smallest absolute Gasteiger partial charge is 0.416 e. The van der Waals surface area contributed by atoms with Gasteiger partial charge in [-0.05, 0) is 19.1 Å². The lowest BCUT2D eigenvalue weighted by Crippen LogP contribution is -2.44. The van der Waals surface area contributed by atoms with E-state index in [1.165, 1.54) is 16.2 Å². The number of H-pyrrole nitrogens is 1. The van der Waals surface area contributed by atoms with Crippen LogP contribution in [0.5, 0.6) is 0 Å². The highest BCUT2D eigenvalue weighted by molar-refractivity contribution is 5.90. The number of aromatic nitrogens is 3. The van der Waals surface area contributed by atoms with Gasteiger partial charge in [0.2, 0.25) is 0 Å². The van der Waals surface area contributed by atoms with E-state index in [0.717, 1.165) is 5.39 Å². The normalized spacial score (nSPS) is 15.3. The zero-order chi connectivity index (χ0) is 23.2. The van der Waals surface area contributed by atoms with Crippen molar-refractivity contribution >= 4 is 34.5 Å². The number of aromatic amines is 1. The van der Waals surface area contributed by atoms with Crippen molar-refractivity contribution in [2.75, 3.05) is 23.5 Å². The first-order chi connectivity index (χ1) is 15.2. The molecule has 1 unspecified atom stereocenters. The topological polar surface area (TPSA) is 130 Å². The molecule has 1 atom stereocenters. The zero-order valence-electron chi connectivity index (χ0n) is 17.9. The number of nitrogens with one attached hydrogen (secondary N) is 1. The van der Waals surface area contributed by atoms with Gasteiger partial charge in [-0.2, -0.15) is 0 Å². The lowest BCUT2D eigenvalue weighted by Gasteiger charge is -2.30. The Labute approximate surface area is 182 Å². The average Bonchev–Trinajstić information content (AvgIpc) is 3.23. The monoisotopic (exact) mass is 441 g/mol. The van der Waals surface area contributed by atoms with Gasteiger partial charge in [0.05, 0.1) is 25.1 Å². The molecule has 4 rings (SSSR count). The van der Waals surface area contributed by atoms with Crippen molar-refractivity contribution in [2.24, 2.45) is 7.05 Å². The first-order valence-corrected chi connectivity index (χ1v) is 10.1. The standard InChI is InChI=1S/C21H23N5O6/c1-4-32-16(27)10-15-23(2)17-18(28)22-20(29)24(3)19(17)25(15)11-13-9-12-7-5-6-8-14(12)26(13)21(30)31/h5-9,15H,4,10-11H2,1-3H3,(H,30,31)(H,22,28,29). The van der Waals surface area contributed by atoms with Crippen molar-refractivity contribution in [3.8, 4) is 0 Å². The van der Waals surface area contributed by atoms with Crippen molar-refractivity contribution in [2.45, 2.75) is 26.1 Å². The summed E-state index contributed by atoms with van der Waals surface area (Å²) in [7, 11) is 3.16. The van der Waals surface area contributed by atoms with E-state index in [1.807, 2.05) is 6.07 Å². The fourth-order valence-corrected chi connectivity index (χ4v) is 4.27. The van der Waals surface area contributed by atoms with Crippen LogP contribution in [-0.4, -0.2) is 51.1 Å². The summed E-state index contributed by atoms with van der Waals surface area (Å²) in [5, 5.41) is 10.6. The number of esters is 1. The molecular weight excluding hydrogens is 418 g/mol. The summed E-state index contributed by atoms with van der Waals surface area (Å²) in [5.74, 6) is -0.167. The van der Waals surface area contributed by atoms with Crippen LogP contribution in [0, 0.1) is 0 Å². The molecule has 11 nitrogen and oxygen atoms in total. The molecule has 2 N–H and O–H groups in total. The second kappa shape index (κ2) is 7.91. The van der Waals surface area contributed by atoms with E-state index >= 15 is 0 Å². The summed E-state index contributed by atoms with van der Waals surface area (Å²) < 4.78 is 7.55. The molecule has 1 aromatic carbocycles. The third-order valence-corrected chi connectivity index (χ3v) is 5.67. The molecule has 0 amide bonds. The Morgan fingerprint density at radius 3 is 2.59 bits per heavy atom. The van der Waals surface area contributed by atoms with Gasteiger partial charge in [0.15, 0.2) is 0 Å². The van der Waals surface area contributed by atoms with Crippen LogP contribution in [0.1, 0.15) is 19.0 Å². The molecule has 0 fully saturated rings. The zero-order valence-corrected chi connectivity index (χ0v) is 17.9. The number of hydrogen-bond acceptors (Lipinski definition) is 7. The van der Waals surface area contributed by atoms with Crippen LogP contribution in [-0.2, 0) is 23.1 Å². The minimum atomic E-state index is -1.16. The quantitative estimate of drug-likeness (QED) is 0.567. The fourth-order valence-electron chi connectivity index (χ4n) is 4.27. The van der Waals surface area contributed by atoms with Gasteiger partial charge in [-0.25, -0.2) is 14.2 Å². The molecule has 0 aliphatic carbocycles. The van der Waals surface area contributed by atoms with Gasteiger partial charge < -0.3 is 19.6 Å². The Morgan fingerprint density at radius 2 is 1.91 bits per heavy atom. The van der Waals surface area contributed by atoms with Gasteiger partial charge in [-0.15, -0.1) is 0 Å². The molecule has 2 aromatic heterocycles. The summed E-state index contributed by atoms with van der Waals surface area (Å²) in [6, 6.07) is 8.81. The van der Waals surface area contributed by atoms with Gasteiger partial charge in [-0.3, -0.25) is 19.1 Å². The molecule has 0 radical (unpaired) electrons. The number of rotatable bonds is 5. The number of fused-ring (bicyclic) bond motifs is 2. The Balaban J connectivity index is 1.87. The number of ether oxygens (including phenoxy) is 1. The third kappa shape index (κ3) is 3.31. The van der Waals surface area contributed by atoms with E-state index in [-0.39, 0.29) is 25.3 Å². The Hall–Kier alpha value is -4.02. The average molecular weight is 441 g/mol. The van der Waals surface area contributed by atoms with Gasteiger partial charge in [0, 0.05) is 25.2 Å². The molecule has 0 saturated carbocycles. The van der Waals surface area contributed by atoms with Crippen molar-refractivity contribution in [1.29, 1.82) is 0 Å². The predicted octanol–water partition coefficient (Wildman–Crippen LogP) is 1.29. The molecule has 1 aliphatic heterocycles. The number of anilines is 2. The maximum absolute atomic E-state index is 12.6.